The van der Waals surface area contributed by atoms with Gasteiger partial charge in [-0.3, -0.25) is 0 Å². The summed E-state index contributed by atoms with van der Waals surface area (Å²) in [5.41, 5.74) is 0. The molecule has 0 amide bonds. The summed E-state index contributed by atoms with van der Waals surface area (Å²) in [6, 6.07) is 0. The molecule has 0 aromatic rings. The normalized spacial score (nSPS) is 13.0. The van der Waals surface area contributed by atoms with E-state index in [4.69, 9.17) is 5.41 Å². The second-order valence-electron chi connectivity index (χ2n) is 2.69. The van der Waals surface area contributed by atoms with Crippen molar-refractivity contribution in [2.24, 2.45) is 5.92 Å². The highest BCUT2D eigenvalue weighted by molar-refractivity contribution is 5.53. The van der Waals surface area contributed by atoms with Crippen molar-refractivity contribution in [1.29, 1.82) is 5.41 Å². The van der Waals surface area contributed by atoms with Crippen molar-refractivity contribution in [2.45, 2.75) is 26.7 Å². The third kappa shape index (κ3) is 5.76. The Hall–Kier alpha value is -0.370. The van der Waals surface area contributed by atoms with Gasteiger partial charge in [0.1, 0.15) is 0 Å². The minimum absolute atomic E-state index is 0.663. The number of nitrogens with one attached hydrogen (secondary N) is 2. The first-order valence-electron chi connectivity index (χ1n) is 4.00. The lowest BCUT2D eigenvalue weighted by atomic mass is 10.1. The van der Waals surface area contributed by atoms with Crippen LogP contribution in [0.15, 0.2) is 0 Å². The van der Waals surface area contributed by atoms with Crippen LogP contribution < -0.4 is 5.32 Å². The molecule has 2 N–H and O–H groups in total. The fraction of sp³-hybridized carbons (Fsp3) is 0.875. The zero-order valence-electron chi connectivity index (χ0n) is 6.98. The van der Waals surface area contributed by atoms with Crippen molar-refractivity contribution in [2.75, 3.05) is 13.1 Å². The molecule has 0 fully saturated rings. The molecule has 0 saturated heterocycles. The zero-order valence-corrected chi connectivity index (χ0v) is 6.98. The maximum atomic E-state index is 6.87. The molecule has 2 nitrogen and oxygen atoms in total. The van der Waals surface area contributed by atoms with E-state index in [1.807, 2.05) is 0 Å². The van der Waals surface area contributed by atoms with Gasteiger partial charge in [-0.25, -0.2) is 0 Å². The van der Waals surface area contributed by atoms with Crippen LogP contribution >= 0.6 is 0 Å². The molecule has 0 aliphatic carbocycles. The van der Waals surface area contributed by atoms with Crippen LogP contribution in [-0.2, 0) is 0 Å². The molecule has 60 valence electrons. The van der Waals surface area contributed by atoms with Gasteiger partial charge in [0.15, 0.2) is 0 Å². The molecule has 0 aromatic heterocycles. The molecule has 0 radical (unpaired) electrons. The highest BCUT2D eigenvalue weighted by atomic mass is 14.8. The maximum absolute atomic E-state index is 6.87. The summed E-state index contributed by atoms with van der Waals surface area (Å²) < 4.78 is 0. The molecule has 0 saturated carbocycles. The molecule has 1 atom stereocenters. The first-order valence-corrected chi connectivity index (χ1v) is 4.00. The van der Waals surface area contributed by atoms with Crippen molar-refractivity contribution in [3.05, 3.63) is 0 Å². The Bertz CT molecular complexity index is 81.3. The van der Waals surface area contributed by atoms with Gasteiger partial charge in [-0.05, 0) is 38.1 Å². The molecule has 0 spiro atoms. The first-order chi connectivity index (χ1) is 4.81. The number of rotatable bonds is 6. The van der Waals surface area contributed by atoms with Gasteiger partial charge in [-0.15, -0.1) is 0 Å². The van der Waals surface area contributed by atoms with Crippen LogP contribution in [0.4, 0.5) is 0 Å². The van der Waals surface area contributed by atoms with E-state index in [2.05, 4.69) is 19.2 Å². The van der Waals surface area contributed by atoms with Crippen LogP contribution in [0.3, 0.4) is 0 Å². The molecule has 0 rings (SSSR count). The van der Waals surface area contributed by atoms with Gasteiger partial charge in [0.2, 0.25) is 0 Å². The monoisotopic (exact) mass is 142 g/mol. The highest BCUT2D eigenvalue weighted by Gasteiger charge is 1.97. The Labute approximate surface area is 63.5 Å². The second-order valence-corrected chi connectivity index (χ2v) is 2.69. The zero-order chi connectivity index (χ0) is 7.82. The Morgan fingerprint density at radius 1 is 1.60 bits per heavy atom. The molecule has 0 aromatic carbocycles. The average molecular weight is 142 g/mol. The first kappa shape index (κ1) is 9.63. The standard InChI is InChI=1S/C8H18N2/c1-3-10-7-5-8(2)4-6-9/h6,8-10H,3-5,7H2,1-2H3/t8-/m1/s1. The summed E-state index contributed by atoms with van der Waals surface area (Å²) in [7, 11) is 0. The van der Waals surface area contributed by atoms with Crippen molar-refractivity contribution in [1.82, 2.24) is 5.32 Å². The van der Waals surface area contributed by atoms with Gasteiger partial charge >= 0.3 is 0 Å². The van der Waals surface area contributed by atoms with Crippen LogP contribution in [-0.4, -0.2) is 19.3 Å². The quantitative estimate of drug-likeness (QED) is 0.429. The van der Waals surface area contributed by atoms with Gasteiger partial charge < -0.3 is 10.7 Å². The fourth-order valence-corrected chi connectivity index (χ4v) is 0.844. The van der Waals surface area contributed by atoms with E-state index < -0.39 is 0 Å². The van der Waals surface area contributed by atoms with Crippen LogP contribution in [0.2, 0.25) is 0 Å². The molecule has 0 heterocycles. The predicted molar refractivity (Wildman–Crippen MR) is 45.7 cm³/mol. The Morgan fingerprint density at radius 2 is 2.30 bits per heavy atom. The van der Waals surface area contributed by atoms with Gasteiger partial charge in [-0.1, -0.05) is 13.8 Å². The Balaban J connectivity index is 3.04. The summed E-state index contributed by atoms with van der Waals surface area (Å²) in [6.07, 6.45) is 3.60. The molecular formula is C8H18N2. The smallest absolute Gasteiger partial charge is 0.00451 e. The molecule has 2 heteroatoms. The summed E-state index contributed by atoms with van der Waals surface area (Å²) >= 11 is 0. The number of hydrogen-bond donors (Lipinski definition) is 2. The minimum Gasteiger partial charge on any atom is -0.317 e. The van der Waals surface area contributed by atoms with Crippen molar-refractivity contribution >= 4 is 6.21 Å². The SMILES string of the molecule is CCNCC[C@H](C)CC=N. The topological polar surface area (TPSA) is 35.9 Å². The van der Waals surface area contributed by atoms with Crippen molar-refractivity contribution < 1.29 is 0 Å². The van der Waals surface area contributed by atoms with Gasteiger partial charge in [0.25, 0.3) is 0 Å². The molecule has 0 aliphatic heterocycles. The van der Waals surface area contributed by atoms with Crippen LogP contribution in [0.5, 0.6) is 0 Å². The molecule has 0 aliphatic rings. The molecule has 10 heavy (non-hydrogen) atoms. The Kier molecular flexibility index (Phi) is 6.50. The summed E-state index contributed by atoms with van der Waals surface area (Å²) in [6.45, 7) is 6.44. The minimum atomic E-state index is 0.663. The van der Waals surface area contributed by atoms with Crippen LogP contribution in [0, 0.1) is 11.3 Å². The molecule has 0 unspecified atom stereocenters. The fourth-order valence-electron chi connectivity index (χ4n) is 0.844. The third-order valence-electron chi connectivity index (χ3n) is 1.58. The van der Waals surface area contributed by atoms with E-state index in [1.54, 1.807) is 0 Å². The van der Waals surface area contributed by atoms with E-state index in [1.165, 1.54) is 12.6 Å². The van der Waals surface area contributed by atoms with Crippen LogP contribution in [0.1, 0.15) is 26.7 Å². The van der Waals surface area contributed by atoms with E-state index in [9.17, 15) is 0 Å². The van der Waals surface area contributed by atoms with E-state index >= 15 is 0 Å². The van der Waals surface area contributed by atoms with E-state index in [0.717, 1.165) is 19.5 Å². The molecular weight excluding hydrogens is 124 g/mol. The summed E-state index contributed by atoms with van der Waals surface area (Å²) in [5, 5.41) is 10.1. The van der Waals surface area contributed by atoms with E-state index in [0.29, 0.717) is 5.92 Å². The van der Waals surface area contributed by atoms with Gasteiger partial charge in [0.05, 0.1) is 0 Å². The van der Waals surface area contributed by atoms with Gasteiger partial charge in [-0.2, -0.15) is 0 Å². The lowest BCUT2D eigenvalue weighted by molar-refractivity contribution is 0.524. The lowest BCUT2D eigenvalue weighted by Crippen LogP contribution is -2.16. The van der Waals surface area contributed by atoms with Crippen molar-refractivity contribution in [3.8, 4) is 0 Å². The molecule has 0 bridgehead atoms. The summed E-state index contributed by atoms with van der Waals surface area (Å²) in [4.78, 5) is 0. The lowest BCUT2D eigenvalue weighted by Gasteiger charge is -2.07. The second kappa shape index (κ2) is 6.75. The largest absolute Gasteiger partial charge is 0.317 e. The van der Waals surface area contributed by atoms with Crippen LogP contribution in [0.25, 0.3) is 0 Å². The third-order valence-corrected chi connectivity index (χ3v) is 1.58. The van der Waals surface area contributed by atoms with E-state index in [-0.39, 0.29) is 0 Å². The number of hydrogen-bond acceptors (Lipinski definition) is 2. The Morgan fingerprint density at radius 3 is 2.80 bits per heavy atom. The maximum Gasteiger partial charge on any atom is -0.00451 e. The van der Waals surface area contributed by atoms with Crippen molar-refractivity contribution in [3.63, 3.8) is 0 Å². The van der Waals surface area contributed by atoms with Gasteiger partial charge in [0, 0.05) is 0 Å². The predicted octanol–water partition coefficient (Wildman–Crippen LogP) is 1.66. The summed E-state index contributed by atoms with van der Waals surface area (Å²) in [5.74, 6) is 0.663. The highest BCUT2D eigenvalue weighted by Crippen LogP contribution is 2.02. The average Bonchev–Trinajstić information content (AvgIpc) is 1.89.